The zero-order valence-corrected chi connectivity index (χ0v) is 11.9. The van der Waals surface area contributed by atoms with Gasteiger partial charge in [0.25, 0.3) is 0 Å². The lowest BCUT2D eigenvalue weighted by molar-refractivity contribution is -0.132. The molecular formula is C12H18BrN3O. The summed E-state index contributed by atoms with van der Waals surface area (Å²) in [7, 11) is 1.76. The molecule has 94 valence electrons. The monoisotopic (exact) mass is 299 g/mol. The van der Waals surface area contributed by atoms with Crippen LogP contribution in [0.1, 0.15) is 19.4 Å². The SMILES string of the molecule is CC(C)C(N)C(=O)N(C)Cc1ccc(Br)nc1. The number of hydrogen-bond donors (Lipinski definition) is 1. The van der Waals surface area contributed by atoms with Gasteiger partial charge < -0.3 is 10.6 Å². The van der Waals surface area contributed by atoms with Gasteiger partial charge in [-0.1, -0.05) is 19.9 Å². The molecule has 0 fully saturated rings. The van der Waals surface area contributed by atoms with Crippen molar-refractivity contribution in [2.45, 2.75) is 26.4 Å². The molecule has 1 aromatic heterocycles. The first-order valence-electron chi connectivity index (χ1n) is 5.52. The van der Waals surface area contributed by atoms with Crippen LogP contribution in [0.3, 0.4) is 0 Å². The van der Waals surface area contributed by atoms with Crippen LogP contribution < -0.4 is 5.73 Å². The fourth-order valence-corrected chi connectivity index (χ4v) is 1.63. The predicted molar refractivity (Wildman–Crippen MR) is 71.2 cm³/mol. The molecule has 5 heteroatoms. The minimum Gasteiger partial charge on any atom is -0.340 e. The molecule has 1 aromatic rings. The molecule has 2 N–H and O–H groups in total. The maximum Gasteiger partial charge on any atom is 0.239 e. The smallest absolute Gasteiger partial charge is 0.239 e. The second kappa shape index (κ2) is 6.12. The second-order valence-corrected chi connectivity index (χ2v) is 5.27. The molecule has 0 aliphatic heterocycles. The number of carbonyl (C=O) groups excluding carboxylic acids is 1. The van der Waals surface area contributed by atoms with E-state index in [0.717, 1.165) is 10.2 Å². The van der Waals surface area contributed by atoms with Crippen molar-refractivity contribution in [3.8, 4) is 0 Å². The average molecular weight is 300 g/mol. The highest BCUT2D eigenvalue weighted by Crippen LogP contribution is 2.09. The van der Waals surface area contributed by atoms with Gasteiger partial charge in [0, 0.05) is 19.8 Å². The van der Waals surface area contributed by atoms with Gasteiger partial charge >= 0.3 is 0 Å². The topological polar surface area (TPSA) is 59.2 Å². The van der Waals surface area contributed by atoms with E-state index >= 15 is 0 Å². The van der Waals surface area contributed by atoms with E-state index in [1.54, 1.807) is 18.1 Å². The molecule has 0 aliphatic carbocycles. The summed E-state index contributed by atoms with van der Waals surface area (Å²) in [4.78, 5) is 17.7. The summed E-state index contributed by atoms with van der Waals surface area (Å²) in [5, 5.41) is 0. The Bertz CT molecular complexity index is 378. The first-order valence-corrected chi connectivity index (χ1v) is 6.32. The Morgan fingerprint density at radius 1 is 1.53 bits per heavy atom. The lowest BCUT2D eigenvalue weighted by atomic mass is 10.0. The second-order valence-electron chi connectivity index (χ2n) is 4.45. The molecule has 0 aromatic carbocycles. The van der Waals surface area contributed by atoms with Crippen molar-refractivity contribution in [1.82, 2.24) is 9.88 Å². The summed E-state index contributed by atoms with van der Waals surface area (Å²) in [5.74, 6) is 0.107. The Kier molecular flexibility index (Phi) is 5.08. The van der Waals surface area contributed by atoms with Crippen LogP contribution in [0.2, 0.25) is 0 Å². The number of halogens is 1. The molecule has 1 unspecified atom stereocenters. The van der Waals surface area contributed by atoms with Crippen LogP contribution in [0.15, 0.2) is 22.9 Å². The Morgan fingerprint density at radius 2 is 2.18 bits per heavy atom. The number of hydrogen-bond acceptors (Lipinski definition) is 3. The summed E-state index contributed by atoms with van der Waals surface area (Å²) in [5.41, 5.74) is 6.81. The summed E-state index contributed by atoms with van der Waals surface area (Å²) in [6, 6.07) is 3.35. The zero-order chi connectivity index (χ0) is 13.0. The van der Waals surface area contributed by atoms with E-state index in [2.05, 4.69) is 20.9 Å². The van der Waals surface area contributed by atoms with Crippen LogP contribution in [0.25, 0.3) is 0 Å². The Morgan fingerprint density at radius 3 is 2.65 bits per heavy atom. The van der Waals surface area contributed by atoms with Crippen LogP contribution in [-0.4, -0.2) is 28.9 Å². The number of aromatic nitrogens is 1. The van der Waals surface area contributed by atoms with Crippen molar-refractivity contribution in [2.75, 3.05) is 7.05 Å². The highest BCUT2D eigenvalue weighted by Gasteiger charge is 2.20. The highest BCUT2D eigenvalue weighted by molar-refractivity contribution is 9.10. The van der Waals surface area contributed by atoms with Crippen LogP contribution in [-0.2, 0) is 11.3 Å². The average Bonchev–Trinajstić information content (AvgIpc) is 2.30. The van der Waals surface area contributed by atoms with Gasteiger partial charge in [0.2, 0.25) is 5.91 Å². The number of nitrogens with two attached hydrogens (primary N) is 1. The van der Waals surface area contributed by atoms with Gasteiger partial charge in [-0.15, -0.1) is 0 Å². The standard InChI is InChI=1S/C12H18BrN3O/c1-8(2)11(14)12(17)16(3)7-9-4-5-10(13)15-6-9/h4-6,8,11H,7,14H2,1-3H3. The molecule has 0 bridgehead atoms. The van der Waals surface area contributed by atoms with E-state index in [1.165, 1.54) is 0 Å². The summed E-state index contributed by atoms with van der Waals surface area (Å²) in [6.07, 6.45) is 1.74. The van der Waals surface area contributed by atoms with E-state index in [1.807, 2.05) is 26.0 Å². The van der Waals surface area contributed by atoms with Crippen LogP contribution in [0.5, 0.6) is 0 Å². The fraction of sp³-hybridized carbons (Fsp3) is 0.500. The molecule has 0 aliphatic rings. The number of carbonyl (C=O) groups is 1. The van der Waals surface area contributed by atoms with Crippen molar-refractivity contribution in [1.29, 1.82) is 0 Å². The summed E-state index contributed by atoms with van der Waals surface area (Å²) in [6.45, 7) is 4.41. The van der Waals surface area contributed by atoms with Gasteiger partial charge in [-0.2, -0.15) is 0 Å². The number of likely N-dealkylation sites (N-methyl/N-ethyl adjacent to an activating group) is 1. The van der Waals surface area contributed by atoms with Crippen molar-refractivity contribution in [3.63, 3.8) is 0 Å². The van der Waals surface area contributed by atoms with E-state index < -0.39 is 6.04 Å². The Labute approximate surface area is 110 Å². The molecule has 0 saturated heterocycles. The normalized spacial score (nSPS) is 12.6. The molecule has 1 atom stereocenters. The third-order valence-corrected chi connectivity index (χ3v) is 3.06. The van der Waals surface area contributed by atoms with E-state index in [-0.39, 0.29) is 11.8 Å². The molecule has 1 heterocycles. The van der Waals surface area contributed by atoms with Crippen molar-refractivity contribution < 1.29 is 4.79 Å². The Hall–Kier alpha value is -0.940. The number of amides is 1. The summed E-state index contributed by atoms with van der Waals surface area (Å²) >= 11 is 3.27. The molecule has 4 nitrogen and oxygen atoms in total. The van der Waals surface area contributed by atoms with Gasteiger partial charge in [-0.3, -0.25) is 4.79 Å². The highest BCUT2D eigenvalue weighted by atomic mass is 79.9. The fourth-order valence-electron chi connectivity index (χ4n) is 1.39. The van der Waals surface area contributed by atoms with Gasteiger partial charge in [-0.05, 0) is 33.5 Å². The molecule has 0 radical (unpaired) electrons. The van der Waals surface area contributed by atoms with Gasteiger partial charge in [0.1, 0.15) is 4.60 Å². The van der Waals surface area contributed by atoms with Crippen molar-refractivity contribution >= 4 is 21.8 Å². The molecule has 1 amide bonds. The van der Waals surface area contributed by atoms with Gasteiger partial charge in [0.05, 0.1) is 6.04 Å². The molecular weight excluding hydrogens is 282 g/mol. The van der Waals surface area contributed by atoms with Crippen molar-refractivity contribution in [3.05, 3.63) is 28.5 Å². The molecule has 0 saturated carbocycles. The van der Waals surface area contributed by atoms with Crippen LogP contribution in [0.4, 0.5) is 0 Å². The number of rotatable bonds is 4. The zero-order valence-electron chi connectivity index (χ0n) is 10.4. The predicted octanol–water partition coefficient (Wildman–Crippen LogP) is 1.79. The van der Waals surface area contributed by atoms with Crippen LogP contribution >= 0.6 is 15.9 Å². The molecule has 1 rings (SSSR count). The summed E-state index contributed by atoms with van der Waals surface area (Å²) < 4.78 is 0.786. The first kappa shape index (κ1) is 14.1. The van der Waals surface area contributed by atoms with Crippen LogP contribution in [0, 0.1) is 5.92 Å². The third-order valence-electron chi connectivity index (χ3n) is 2.59. The van der Waals surface area contributed by atoms with Crippen molar-refractivity contribution in [2.24, 2.45) is 11.7 Å². The lowest BCUT2D eigenvalue weighted by Gasteiger charge is -2.23. The maximum atomic E-state index is 11.9. The van der Waals surface area contributed by atoms with E-state index in [0.29, 0.717) is 6.54 Å². The minimum absolute atomic E-state index is 0.0390. The largest absolute Gasteiger partial charge is 0.340 e. The lowest BCUT2D eigenvalue weighted by Crippen LogP contribution is -2.44. The van der Waals surface area contributed by atoms with Gasteiger partial charge in [-0.25, -0.2) is 4.98 Å². The maximum absolute atomic E-state index is 11.9. The van der Waals surface area contributed by atoms with Gasteiger partial charge in [0.15, 0.2) is 0 Å². The van der Waals surface area contributed by atoms with E-state index in [4.69, 9.17) is 5.73 Å². The molecule has 17 heavy (non-hydrogen) atoms. The number of nitrogens with zero attached hydrogens (tertiary/aromatic N) is 2. The first-order chi connectivity index (χ1) is 7.91. The quantitative estimate of drug-likeness (QED) is 0.862. The Balaban J connectivity index is 2.63. The van der Waals surface area contributed by atoms with E-state index in [9.17, 15) is 4.79 Å². The number of pyridine rings is 1. The molecule has 0 spiro atoms. The third kappa shape index (κ3) is 4.09. The minimum atomic E-state index is -0.441.